The Morgan fingerprint density at radius 1 is 1.09 bits per heavy atom. The molecule has 23 heavy (non-hydrogen) atoms. The lowest BCUT2D eigenvalue weighted by atomic mass is 10.1. The van der Waals surface area contributed by atoms with Crippen LogP contribution >= 0.6 is 11.6 Å². The molecule has 0 saturated heterocycles. The summed E-state index contributed by atoms with van der Waals surface area (Å²) in [6.45, 7) is 1.15. The van der Waals surface area contributed by atoms with Gasteiger partial charge in [-0.15, -0.1) is 0 Å². The van der Waals surface area contributed by atoms with Crippen molar-refractivity contribution in [1.29, 1.82) is 0 Å². The minimum absolute atomic E-state index is 0.435. The van der Waals surface area contributed by atoms with Crippen LogP contribution in [0.3, 0.4) is 0 Å². The smallest absolute Gasteiger partial charge is 0.248 e. The molecular formula is C17H19ClN4O. The molecule has 0 atom stereocenters. The number of hydrogen-bond acceptors (Lipinski definition) is 2. The predicted octanol–water partition coefficient (Wildman–Crippen LogP) is 2.30. The van der Waals surface area contributed by atoms with Crippen LogP contribution in [0.1, 0.15) is 21.5 Å². The highest BCUT2D eigenvalue weighted by Crippen LogP contribution is 2.10. The third-order valence-corrected chi connectivity index (χ3v) is 3.48. The van der Waals surface area contributed by atoms with E-state index in [9.17, 15) is 4.79 Å². The average Bonchev–Trinajstić information content (AvgIpc) is 2.55. The Hall–Kier alpha value is -2.53. The second-order valence-corrected chi connectivity index (χ2v) is 5.41. The number of hydrogen-bond donors (Lipinski definition) is 3. The molecule has 0 aromatic heterocycles. The predicted molar refractivity (Wildman–Crippen MR) is 93.5 cm³/mol. The van der Waals surface area contributed by atoms with Gasteiger partial charge in [0.15, 0.2) is 5.96 Å². The fraction of sp³-hybridized carbons (Fsp3) is 0.176. The molecule has 0 aliphatic rings. The standard InChI is InChI=1S/C17H19ClN4O/c1-20-17(22-11-13-5-3-7-15(18)9-13)21-10-12-4-2-6-14(8-12)16(19)23/h2-9H,10-11H2,1H3,(H2,19,23)(H2,20,21,22). The van der Waals surface area contributed by atoms with Crippen LogP contribution in [0.25, 0.3) is 0 Å². The van der Waals surface area contributed by atoms with E-state index in [0.717, 1.165) is 11.1 Å². The van der Waals surface area contributed by atoms with E-state index in [1.807, 2.05) is 30.3 Å². The number of carbonyl (C=O) groups excluding carboxylic acids is 1. The van der Waals surface area contributed by atoms with Crippen molar-refractivity contribution in [3.63, 3.8) is 0 Å². The SMILES string of the molecule is CN=C(NCc1cccc(Cl)c1)NCc1cccc(C(N)=O)c1. The van der Waals surface area contributed by atoms with E-state index in [1.54, 1.807) is 25.2 Å². The van der Waals surface area contributed by atoms with Crippen molar-refractivity contribution in [1.82, 2.24) is 10.6 Å². The van der Waals surface area contributed by atoms with Gasteiger partial charge >= 0.3 is 0 Å². The summed E-state index contributed by atoms with van der Waals surface area (Å²) >= 11 is 5.96. The normalized spacial score (nSPS) is 11.1. The van der Waals surface area contributed by atoms with Crippen LogP contribution in [-0.2, 0) is 13.1 Å². The van der Waals surface area contributed by atoms with Crippen LogP contribution in [0.2, 0.25) is 5.02 Å². The van der Waals surface area contributed by atoms with Gasteiger partial charge in [-0.1, -0.05) is 35.9 Å². The molecule has 6 heteroatoms. The molecule has 0 aliphatic carbocycles. The van der Waals surface area contributed by atoms with Gasteiger partial charge < -0.3 is 16.4 Å². The molecule has 0 fully saturated rings. The van der Waals surface area contributed by atoms with Crippen molar-refractivity contribution >= 4 is 23.5 Å². The van der Waals surface area contributed by atoms with Gasteiger partial charge in [-0.05, 0) is 35.4 Å². The van der Waals surface area contributed by atoms with Gasteiger partial charge in [0, 0.05) is 30.7 Å². The summed E-state index contributed by atoms with van der Waals surface area (Å²) in [4.78, 5) is 15.4. The van der Waals surface area contributed by atoms with Crippen molar-refractivity contribution in [2.75, 3.05) is 7.05 Å². The van der Waals surface area contributed by atoms with Gasteiger partial charge in [0.05, 0.1) is 0 Å². The number of nitrogens with two attached hydrogens (primary N) is 1. The quantitative estimate of drug-likeness (QED) is 0.581. The second kappa shape index (κ2) is 8.19. The zero-order chi connectivity index (χ0) is 16.7. The lowest BCUT2D eigenvalue weighted by Gasteiger charge is -2.12. The molecule has 0 bridgehead atoms. The Kier molecular flexibility index (Phi) is 6.00. The van der Waals surface area contributed by atoms with Crippen LogP contribution in [0.4, 0.5) is 0 Å². The third kappa shape index (κ3) is 5.30. The fourth-order valence-electron chi connectivity index (χ4n) is 2.07. The van der Waals surface area contributed by atoms with Crippen molar-refractivity contribution in [3.8, 4) is 0 Å². The maximum atomic E-state index is 11.2. The molecule has 2 aromatic rings. The van der Waals surface area contributed by atoms with Crippen LogP contribution in [0, 0.1) is 0 Å². The van der Waals surface area contributed by atoms with E-state index >= 15 is 0 Å². The molecule has 120 valence electrons. The molecule has 0 unspecified atom stereocenters. The number of carbonyl (C=O) groups is 1. The second-order valence-electron chi connectivity index (χ2n) is 4.97. The highest BCUT2D eigenvalue weighted by molar-refractivity contribution is 6.30. The van der Waals surface area contributed by atoms with Crippen LogP contribution in [-0.4, -0.2) is 18.9 Å². The fourth-order valence-corrected chi connectivity index (χ4v) is 2.29. The van der Waals surface area contributed by atoms with Crippen LogP contribution in [0.15, 0.2) is 53.5 Å². The summed E-state index contributed by atoms with van der Waals surface area (Å²) in [6, 6.07) is 14.8. The van der Waals surface area contributed by atoms with Gasteiger partial charge in [0.25, 0.3) is 0 Å². The summed E-state index contributed by atoms with van der Waals surface area (Å²) in [5.41, 5.74) is 7.79. The molecule has 0 saturated carbocycles. The average molecular weight is 331 g/mol. The van der Waals surface area contributed by atoms with Gasteiger partial charge in [-0.3, -0.25) is 9.79 Å². The van der Waals surface area contributed by atoms with E-state index in [4.69, 9.17) is 17.3 Å². The largest absolute Gasteiger partial charge is 0.366 e. The van der Waals surface area contributed by atoms with E-state index in [0.29, 0.717) is 29.6 Å². The number of guanidine groups is 1. The maximum Gasteiger partial charge on any atom is 0.248 e. The molecule has 1 amide bonds. The molecule has 0 heterocycles. The van der Waals surface area contributed by atoms with E-state index in [1.165, 1.54) is 0 Å². The number of amides is 1. The van der Waals surface area contributed by atoms with Gasteiger partial charge in [0.1, 0.15) is 0 Å². The number of benzene rings is 2. The first-order valence-electron chi connectivity index (χ1n) is 7.16. The topological polar surface area (TPSA) is 79.5 Å². The third-order valence-electron chi connectivity index (χ3n) is 3.24. The Labute approximate surface area is 140 Å². The number of primary amides is 1. The Morgan fingerprint density at radius 3 is 2.26 bits per heavy atom. The highest BCUT2D eigenvalue weighted by atomic mass is 35.5. The summed E-state index contributed by atoms with van der Waals surface area (Å²) < 4.78 is 0. The summed E-state index contributed by atoms with van der Waals surface area (Å²) in [5, 5.41) is 7.10. The molecule has 2 rings (SSSR count). The zero-order valence-electron chi connectivity index (χ0n) is 12.8. The molecule has 0 radical (unpaired) electrons. The van der Waals surface area contributed by atoms with Crippen molar-refractivity contribution in [3.05, 3.63) is 70.2 Å². The molecular weight excluding hydrogens is 312 g/mol. The monoisotopic (exact) mass is 330 g/mol. The number of rotatable bonds is 5. The number of nitrogens with zero attached hydrogens (tertiary/aromatic N) is 1. The highest BCUT2D eigenvalue weighted by Gasteiger charge is 2.03. The molecule has 4 N–H and O–H groups in total. The van der Waals surface area contributed by atoms with E-state index in [-0.39, 0.29) is 0 Å². The Balaban J connectivity index is 1.90. The first kappa shape index (κ1) is 16.8. The molecule has 0 aliphatic heterocycles. The van der Waals surface area contributed by atoms with E-state index < -0.39 is 5.91 Å². The molecule has 2 aromatic carbocycles. The van der Waals surface area contributed by atoms with Gasteiger partial charge in [-0.25, -0.2) is 0 Å². The lowest BCUT2D eigenvalue weighted by molar-refractivity contribution is 0.1000. The first-order chi connectivity index (χ1) is 11.1. The zero-order valence-corrected chi connectivity index (χ0v) is 13.6. The number of halogens is 1. The summed E-state index contributed by atoms with van der Waals surface area (Å²) in [6.07, 6.45) is 0. The summed E-state index contributed by atoms with van der Waals surface area (Å²) in [5.74, 6) is 0.227. The van der Waals surface area contributed by atoms with Crippen molar-refractivity contribution in [2.24, 2.45) is 10.7 Å². The minimum atomic E-state index is -0.435. The van der Waals surface area contributed by atoms with Crippen molar-refractivity contribution < 1.29 is 4.79 Å². The Morgan fingerprint density at radius 2 is 1.70 bits per heavy atom. The summed E-state index contributed by atoms with van der Waals surface area (Å²) in [7, 11) is 1.70. The van der Waals surface area contributed by atoms with Gasteiger partial charge in [0.2, 0.25) is 5.91 Å². The van der Waals surface area contributed by atoms with Gasteiger partial charge in [-0.2, -0.15) is 0 Å². The van der Waals surface area contributed by atoms with Crippen molar-refractivity contribution in [2.45, 2.75) is 13.1 Å². The molecule has 0 spiro atoms. The minimum Gasteiger partial charge on any atom is -0.366 e. The van der Waals surface area contributed by atoms with Crippen LogP contribution < -0.4 is 16.4 Å². The maximum absolute atomic E-state index is 11.2. The Bertz CT molecular complexity index is 715. The van der Waals surface area contributed by atoms with E-state index in [2.05, 4.69) is 15.6 Å². The number of nitrogens with one attached hydrogen (secondary N) is 2. The molecule has 5 nitrogen and oxygen atoms in total. The first-order valence-corrected chi connectivity index (χ1v) is 7.54. The lowest BCUT2D eigenvalue weighted by Crippen LogP contribution is -2.36. The number of aliphatic imine (C=N–C) groups is 1. The van der Waals surface area contributed by atoms with Crippen LogP contribution in [0.5, 0.6) is 0 Å².